The van der Waals surface area contributed by atoms with Crippen LogP contribution in [0, 0.1) is 6.92 Å². The average Bonchev–Trinajstić information content (AvgIpc) is 2.91. The Hall–Kier alpha value is -1.99. The maximum absolute atomic E-state index is 12.6. The molecule has 0 N–H and O–H groups in total. The van der Waals surface area contributed by atoms with Crippen LogP contribution in [-0.4, -0.2) is 48.5 Å². The average molecular weight is 380 g/mol. The Kier molecular flexibility index (Phi) is 6.21. The van der Waals surface area contributed by atoms with Gasteiger partial charge in [0.2, 0.25) is 0 Å². The van der Waals surface area contributed by atoms with Crippen molar-refractivity contribution in [3.05, 3.63) is 51.7 Å². The minimum absolute atomic E-state index is 0.0754. The van der Waals surface area contributed by atoms with E-state index in [1.807, 2.05) is 30.0 Å². The molecule has 0 aliphatic carbocycles. The van der Waals surface area contributed by atoms with Gasteiger partial charge in [0.25, 0.3) is 5.91 Å². The quantitative estimate of drug-likeness (QED) is 0.786. The Morgan fingerprint density at radius 2 is 1.96 bits per heavy atom. The van der Waals surface area contributed by atoms with Crippen LogP contribution in [0.2, 0.25) is 0 Å². The molecule has 1 fully saturated rings. The molecular weight excluding hydrogens is 358 g/mol. The fourth-order valence-corrected chi connectivity index (χ4v) is 3.96. The topological polar surface area (TPSA) is 32.8 Å². The fraction of sp³-hybridized carbons (Fsp3) is 0.421. The lowest BCUT2D eigenvalue weighted by molar-refractivity contribution is -0.0507. The lowest BCUT2D eigenvalue weighted by atomic mass is 10.2. The van der Waals surface area contributed by atoms with Crippen molar-refractivity contribution >= 4 is 17.2 Å². The van der Waals surface area contributed by atoms with Crippen molar-refractivity contribution in [3.63, 3.8) is 0 Å². The van der Waals surface area contributed by atoms with Crippen LogP contribution >= 0.6 is 11.3 Å². The number of amides is 1. The molecule has 0 spiro atoms. The molecule has 2 aromatic rings. The third-order valence-corrected chi connectivity index (χ3v) is 5.40. The van der Waals surface area contributed by atoms with Crippen molar-refractivity contribution in [3.8, 4) is 5.75 Å². The van der Waals surface area contributed by atoms with E-state index in [4.69, 9.17) is 0 Å². The highest BCUT2D eigenvalue weighted by atomic mass is 32.1. The molecule has 0 unspecified atom stereocenters. The fourth-order valence-electron chi connectivity index (χ4n) is 3.12. The number of hydrogen-bond donors (Lipinski definition) is 0. The molecule has 1 aromatic carbocycles. The first-order valence-electron chi connectivity index (χ1n) is 8.63. The molecule has 0 atom stereocenters. The van der Waals surface area contributed by atoms with Crippen LogP contribution in [0.25, 0.3) is 0 Å². The first-order valence-corrected chi connectivity index (χ1v) is 9.45. The van der Waals surface area contributed by atoms with Gasteiger partial charge in [0.15, 0.2) is 0 Å². The number of para-hydroxylation sites is 1. The molecule has 0 bridgehead atoms. The number of halogens is 2. The maximum atomic E-state index is 12.6. The van der Waals surface area contributed by atoms with Crippen molar-refractivity contribution < 1.29 is 18.3 Å². The number of alkyl halides is 2. The van der Waals surface area contributed by atoms with E-state index in [-0.39, 0.29) is 11.7 Å². The molecule has 3 rings (SSSR count). The van der Waals surface area contributed by atoms with Crippen molar-refractivity contribution in [2.45, 2.75) is 26.5 Å². The summed E-state index contributed by atoms with van der Waals surface area (Å²) in [4.78, 5) is 18.6. The van der Waals surface area contributed by atoms with Gasteiger partial charge < -0.3 is 9.64 Å². The summed E-state index contributed by atoms with van der Waals surface area (Å²) < 4.78 is 29.8. The second-order valence-electron chi connectivity index (χ2n) is 6.32. The molecule has 0 radical (unpaired) electrons. The lowest BCUT2D eigenvalue weighted by Crippen LogP contribution is -2.34. The number of thiophene rings is 1. The highest BCUT2D eigenvalue weighted by Gasteiger charge is 2.22. The Labute approximate surface area is 156 Å². The van der Waals surface area contributed by atoms with Gasteiger partial charge in [0, 0.05) is 43.2 Å². The molecule has 1 aliphatic rings. The van der Waals surface area contributed by atoms with Crippen molar-refractivity contribution in [1.82, 2.24) is 9.80 Å². The zero-order valence-electron chi connectivity index (χ0n) is 14.7. The molecule has 1 amide bonds. The first kappa shape index (κ1) is 18.8. The molecule has 2 heterocycles. The predicted molar refractivity (Wildman–Crippen MR) is 97.9 cm³/mol. The van der Waals surface area contributed by atoms with Gasteiger partial charge in [-0.3, -0.25) is 9.69 Å². The van der Waals surface area contributed by atoms with E-state index in [2.05, 4.69) is 9.64 Å². The van der Waals surface area contributed by atoms with Crippen molar-refractivity contribution in [1.29, 1.82) is 0 Å². The number of benzene rings is 1. The van der Waals surface area contributed by atoms with Gasteiger partial charge in [-0.2, -0.15) is 8.78 Å². The normalized spacial score (nSPS) is 15.9. The van der Waals surface area contributed by atoms with E-state index in [0.29, 0.717) is 26.2 Å². The Morgan fingerprint density at radius 3 is 2.69 bits per heavy atom. The second-order valence-corrected chi connectivity index (χ2v) is 7.61. The molecular formula is C19H22F2N2O2S. The summed E-state index contributed by atoms with van der Waals surface area (Å²) in [6.07, 6.45) is 0.855. The van der Waals surface area contributed by atoms with Gasteiger partial charge in [-0.1, -0.05) is 18.2 Å². The minimum atomic E-state index is -2.83. The molecule has 1 aliphatic heterocycles. The van der Waals surface area contributed by atoms with E-state index in [9.17, 15) is 13.6 Å². The highest BCUT2D eigenvalue weighted by Crippen LogP contribution is 2.23. The molecule has 0 saturated carbocycles. The van der Waals surface area contributed by atoms with E-state index >= 15 is 0 Å². The third-order valence-electron chi connectivity index (χ3n) is 4.41. The largest absolute Gasteiger partial charge is 0.434 e. The molecule has 1 aromatic heterocycles. The zero-order valence-corrected chi connectivity index (χ0v) is 15.5. The Morgan fingerprint density at radius 1 is 1.15 bits per heavy atom. The van der Waals surface area contributed by atoms with E-state index in [1.54, 1.807) is 18.2 Å². The maximum Gasteiger partial charge on any atom is 0.387 e. The van der Waals surface area contributed by atoms with Crippen LogP contribution in [-0.2, 0) is 6.54 Å². The monoisotopic (exact) mass is 380 g/mol. The van der Waals surface area contributed by atoms with Crippen LogP contribution in [0.15, 0.2) is 36.4 Å². The van der Waals surface area contributed by atoms with Gasteiger partial charge in [-0.05, 0) is 31.5 Å². The van der Waals surface area contributed by atoms with Gasteiger partial charge in [0.1, 0.15) is 5.75 Å². The highest BCUT2D eigenvalue weighted by molar-refractivity contribution is 7.13. The van der Waals surface area contributed by atoms with Crippen LogP contribution in [0.5, 0.6) is 5.75 Å². The number of aryl methyl sites for hydroxylation is 1. The van der Waals surface area contributed by atoms with Crippen LogP contribution in [0.1, 0.15) is 26.5 Å². The summed E-state index contributed by atoms with van der Waals surface area (Å²) in [6.45, 7) is 2.56. The second kappa shape index (κ2) is 8.60. The Bertz CT molecular complexity index is 751. The standard InChI is InChI=1S/C19H22F2N2O2S/c1-14-7-8-17(26-14)18(24)23-10-4-9-22(11-12-23)13-15-5-2-3-6-16(15)25-19(20)21/h2-3,5-8,19H,4,9-13H2,1H3. The number of ether oxygens (including phenoxy) is 1. The Balaban J connectivity index is 1.62. The van der Waals surface area contributed by atoms with Crippen molar-refractivity contribution in [2.75, 3.05) is 26.2 Å². The summed E-state index contributed by atoms with van der Waals surface area (Å²) >= 11 is 1.51. The number of nitrogens with zero attached hydrogens (tertiary/aromatic N) is 2. The number of carbonyl (C=O) groups is 1. The van der Waals surface area contributed by atoms with Crippen LogP contribution < -0.4 is 4.74 Å². The summed E-state index contributed by atoms with van der Waals surface area (Å²) in [6, 6.07) is 10.7. The lowest BCUT2D eigenvalue weighted by Gasteiger charge is -2.22. The van der Waals surface area contributed by atoms with Crippen LogP contribution in [0.3, 0.4) is 0 Å². The SMILES string of the molecule is Cc1ccc(C(=O)N2CCCN(Cc3ccccc3OC(F)F)CC2)s1. The molecule has 7 heteroatoms. The van der Waals surface area contributed by atoms with Gasteiger partial charge in [-0.25, -0.2) is 0 Å². The van der Waals surface area contributed by atoms with Gasteiger partial charge >= 0.3 is 6.61 Å². The number of rotatable bonds is 5. The van der Waals surface area contributed by atoms with E-state index in [0.717, 1.165) is 28.3 Å². The summed E-state index contributed by atoms with van der Waals surface area (Å²) in [5, 5.41) is 0. The summed E-state index contributed by atoms with van der Waals surface area (Å²) in [5.74, 6) is 0.292. The number of hydrogen-bond acceptors (Lipinski definition) is 4. The van der Waals surface area contributed by atoms with Gasteiger partial charge in [-0.15, -0.1) is 11.3 Å². The third kappa shape index (κ3) is 4.80. The molecule has 26 heavy (non-hydrogen) atoms. The minimum Gasteiger partial charge on any atom is -0.434 e. The van der Waals surface area contributed by atoms with Crippen molar-refractivity contribution in [2.24, 2.45) is 0 Å². The summed E-state index contributed by atoms with van der Waals surface area (Å²) in [5.41, 5.74) is 0.737. The number of carbonyl (C=O) groups excluding carboxylic acids is 1. The van der Waals surface area contributed by atoms with Crippen LogP contribution in [0.4, 0.5) is 8.78 Å². The van der Waals surface area contributed by atoms with E-state index in [1.165, 1.54) is 11.3 Å². The van der Waals surface area contributed by atoms with E-state index < -0.39 is 6.61 Å². The predicted octanol–water partition coefficient (Wildman–Crippen LogP) is 4.01. The molecule has 4 nitrogen and oxygen atoms in total. The first-order chi connectivity index (χ1) is 12.5. The smallest absolute Gasteiger partial charge is 0.387 e. The van der Waals surface area contributed by atoms with Gasteiger partial charge in [0.05, 0.1) is 4.88 Å². The summed E-state index contributed by atoms with van der Waals surface area (Å²) in [7, 11) is 0. The zero-order chi connectivity index (χ0) is 18.5. The molecule has 140 valence electrons. The molecule has 1 saturated heterocycles.